The Morgan fingerprint density at radius 1 is 1.54 bits per heavy atom. The first kappa shape index (κ1) is 10.7. The minimum absolute atomic E-state index is 0.181. The van der Waals surface area contributed by atoms with E-state index in [1.807, 2.05) is 13.8 Å². The van der Waals surface area contributed by atoms with Crippen molar-refractivity contribution in [3.8, 4) is 0 Å². The van der Waals surface area contributed by atoms with Gasteiger partial charge in [-0.25, -0.2) is 0 Å². The largest absolute Gasteiger partial charge is 0.392 e. The highest BCUT2D eigenvalue weighted by Gasteiger charge is 2.06. The van der Waals surface area contributed by atoms with E-state index < -0.39 is 0 Å². The van der Waals surface area contributed by atoms with Crippen molar-refractivity contribution in [1.29, 1.82) is 0 Å². The second-order valence-electron chi connectivity index (χ2n) is 3.31. The number of aliphatic hydroxyl groups is 1. The molecular weight excluding hydrogens is 182 g/mol. The molecule has 2 nitrogen and oxygen atoms in total. The smallest absolute Gasteiger partial charge is 0.0662 e. The normalized spacial score (nSPS) is 15.6. The first-order valence-electron chi connectivity index (χ1n) is 4.64. The van der Waals surface area contributed by atoms with Crippen molar-refractivity contribution in [1.82, 2.24) is 5.32 Å². The van der Waals surface area contributed by atoms with Gasteiger partial charge in [0, 0.05) is 17.5 Å². The van der Waals surface area contributed by atoms with Gasteiger partial charge in [-0.3, -0.25) is 0 Å². The molecule has 0 saturated heterocycles. The van der Waals surface area contributed by atoms with Crippen LogP contribution in [0.4, 0.5) is 0 Å². The molecule has 0 aliphatic rings. The molecule has 0 radical (unpaired) electrons. The van der Waals surface area contributed by atoms with Gasteiger partial charge >= 0.3 is 0 Å². The summed E-state index contributed by atoms with van der Waals surface area (Å²) in [4.78, 5) is 1.39. The van der Waals surface area contributed by atoms with Gasteiger partial charge in [0.15, 0.2) is 0 Å². The Hall–Kier alpha value is -0.380. The van der Waals surface area contributed by atoms with Crippen LogP contribution in [-0.4, -0.2) is 23.8 Å². The molecule has 2 N–H and O–H groups in total. The highest BCUT2D eigenvalue weighted by atomic mass is 32.1. The van der Waals surface area contributed by atoms with Crippen molar-refractivity contribution in [2.24, 2.45) is 0 Å². The summed E-state index contributed by atoms with van der Waals surface area (Å²) < 4.78 is 0. The number of hydrogen-bond acceptors (Lipinski definition) is 3. The lowest BCUT2D eigenvalue weighted by Gasteiger charge is -2.15. The minimum Gasteiger partial charge on any atom is -0.392 e. The van der Waals surface area contributed by atoms with Crippen molar-refractivity contribution >= 4 is 11.3 Å². The van der Waals surface area contributed by atoms with Crippen LogP contribution in [0.3, 0.4) is 0 Å². The van der Waals surface area contributed by atoms with E-state index in [1.54, 1.807) is 11.3 Å². The summed E-state index contributed by atoms with van der Waals surface area (Å²) in [7, 11) is 0. The molecule has 2 unspecified atom stereocenters. The van der Waals surface area contributed by atoms with Crippen molar-refractivity contribution < 1.29 is 5.11 Å². The lowest BCUT2D eigenvalue weighted by Crippen LogP contribution is -2.36. The van der Waals surface area contributed by atoms with Gasteiger partial charge in [0.05, 0.1) is 6.10 Å². The molecule has 0 aromatic carbocycles. The fourth-order valence-corrected chi connectivity index (χ4v) is 1.76. The first-order valence-corrected chi connectivity index (χ1v) is 5.52. The summed E-state index contributed by atoms with van der Waals surface area (Å²) >= 11 is 1.78. The second kappa shape index (κ2) is 5.37. The zero-order valence-electron chi connectivity index (χ0n) is 8.16. The maximum absolute atomic E-state index is 9.22. The van der Waals surface area contributed by atoms with Crippen LogP contribution < -0.4 is 5.32 Å². The first-order chi connectivity index (χ1) is 6.20. The van der Waals surface area contributed by atoms with Gasteiger partial charge in [0.1, 0.15) is 0 Å². The molecule has 1 rings (SSSR count). The Balaban J connectivity index is 2.14. The Bertz CT molecular complexity index is 221. The Kier molecular flexibility index (Phi) is 4.42. The van der Waals surface area contributed by atoms with Gasteiger partial charge in [0.2, 0.25) is 0 Å². The zero-order valence-corrected chi connectivity index (χ0v) is 8.97. The number of rotatable bonds is 5. The SMILES string of the molecule is CC(O)C(C)NCCc1cccs1. The molecule has 0 aliphatic carbocycles. The molecule has 13 heavy (non-hydrogen) atoms. The molecule has 2 atom stereocenters. The second-order valence-corrected chi connectivity index (χ2v) is 4.35. The molecule has 0 amide bonds. The van der Waals surface area contributed by atoms with Crippen LogP contribution >= 0.6 is 11.3 Å². The summed E-state index contributed by atoms with van der Waals surface area (Å²) in [5.41, 5.74) is 0. The Morgan fingerprint density at radius 3 is 2.85 bits per heavy atom. The lowest BCUT2D eigenvalue weighted by atomic mass is 10.2. The molecule has 0 fully saturated rings. The van der Waals surface area contributed by atoms with Crippen molar-refractivity contribution in [3.05, 3.63) is 22.4 Å². The number of aliphatic hydroxyl groups excluding tert-OH is 1. The van der Waals surface area contributed by atoms with E-state index in [-0.39, 0.29) is 12.1 Å². The molecule has 0 spiro atoms. The predicted molar refractivity (Wildman–Crippen MR) is 57.2 cm³/mol. The third-order valence-corrected chi connectivity index (χ3v) is 3.08. The lowest BCUT2D eigenvalue weighted by molar-refractivity contribution is 0.153. The highest BCUT2D eigenvalue weighted by Crippen LogP contribution is 2.08. The fraction of sp³-hybridized carbons (Fsp3) is 0.600. The molecule has 74 valence electrons. The Labute approximate surface area is 83.6 Å². The quantitative estimate of drug-likeness (QED) is 0.756. The van der Waals surface area contributed by atoms with E-state index in [2.05, 4.69) is 22.8 Å². The molecule has 0 saturated carbocycles. The van der Waals surface area contributed by atoms with Crippen molar-refractivity contribution in [2.75, 3.05) is 6.54 Å². The van der Waals surface area contributed by atoms with Crippen LogP contribution in [0.2, 0.25) is 0 Å². The molecule has 3 heteroatoms. The Morgan fingerprint density at radius 2 is 2.31 bits per heavy atom. The van der Waals surface area contributed by atoms with Crippen LogP contribution in [0, 0.1) is 0 Å². The van der Waals surface area contributed by atoms with Crippen molar-refractivity contribution in [2.45, 2.75) is 32.4 Å². The molecule has 0 bridgehead atoms. The molecular formula is C10H17NOS. The van der Waals surface area contributed by atoms with Crippen LogP contribution in [-0.2, 0) is 6.42 Å². The number of nitrogens with one attached hydrogen (secondary N) is 1. The molecule has 1 aromatic rings. The number of hydrogen-bond donors (Lipinski definition) is 2. The van der Waals surface area contributed by atoms with E-state index in [0.717, 1.165) is 13.0 Å². The summed E-state index contributed by atoms with van der Waals surface area (Å²) in [5, 5.41) is 14.6. The highest BCUT2D eigenvalue weighted by molar-refractivity contribution is 7.09. The van der Waals surface area contributed by atoms with Crippen LogP contribution in [0.1, 0.15) is 18.7 Å². The van der Waals surface area contributed by atoms with E-state index >= 15 is 0 Å². The standard InChI is InChI=1S/C10H17NOS/c1-8(9(2)12)11-6-5-10-4-3-7-13-10/h3-4,7-9,11-12H,5-6H2,1-2H3. The molecule has 0 aliphatic heterocycles. The van der Waals surface area contributed by atoms with Gasteiger partial charge in [0.25, 0.3) is 0 Å². The monoisotopic (exact) mass is 199 g/mol. The third kappa shape index (κ3) is 3.89. The van der Waals surface area contributed by atoms with Gasteiger partial charge < -0.3 is 10.4 Å². The van der Waals surface area contributed by atoms with E-state index in [4.69, 9.17) is 0 Å². The van der Waals surface area contributed by atoms with Crippen LogP contribution in [0.15, 0.2) is 17.5 Å². The van der Waals surface area contributed by atoms with E-state index in [0.29, 0.717) is 0 Å². The predicted octanol–water partition coefficient (Wildman–Crippen LogP) is 1.65. The topological polar surface area (TPSA) is 32.3 Å². The number of thiophene rings is 1. The van der Waals surface area contributed by atoms with Crippen molar-refractivity contribution in [3.63, 3.8) is 0 Å². The summed E-state index contributed by atoms with van der Waals surface area (Å²) in [6.07, 6.45) is 0.776. The fourth-order valence-electron chi connectivity index (χ4n) is 1.05. The van der Waals surface area contributed by atoms with Gasteiger partial charge in [-0.1, -0.05) is 6.07 Å². The molecule has 1 heterocycles. The van der Waals surface area contributed by atoms with Crippen LogP contribution in [0.5, 0.6) is 0 Å². The summed E-state index contributed by atoms with van der Waals surface area (Å²) in [6.45, 7) is 4.74. The minimum atomic E-state index is -0.275. The van der Waals surface area contributed by atoms with Crippen LogP contribution in [0.25, 0.3) is 0 Å². The van der Waals surface area contributed by atoms with Gasteiger partial charge in [-0.2, -0.15) is 0 Å². The third-order valence-electron chi connectivity index (χ3n) is 2.14. The van der Waals surface area contributed by atoms with Gasteiger partial charge in [-0.05, 0) is 31.7 Å². The average Bonchev–Trinajstić information content (AvgIpc) is 2.56. The van der Waals surface area contributed by atoms with E-state index in [9.17, 15) is 5.11 Å². The summed E-state index contributed by atoms with van der Waals surface area (Å²) in [5.74, 6) is 0. The van der Waals surface area contributed by atoms with Gasteiger partial charge in [-0.15, -0.1) is 11.3 Å². The maximum atomic E-state index is 9.22. The summed E-state index contributed by atoms with van der Waals surface area (Å²) in [6, 6.07) is 4.39. The molecule has 1 aromatic heterocycles. The van der Waals surface area contributed by atoms with E-state index in [1.165, 1.54) is 4.88 Å². The average molecular weight is 199 g/mol. The zero-order chi connectivity index (χ0) is 9.68. The maximum Gasteiger partial charge on any atom is 0.0662 e.